The first-order valence-corrected chi connectivity index (χ1v) is 8.05. The fraction of sp³-hybridized carbons (Fsp3) is 0.625. The lowest BCUT2D eigenvalue weighted by Gasteiger charge is -2.17. The van der Waals surface area contributed by atoms with E-state index < -0.39 is 0 Å². The Kier molecular flexibility index (Phi) is 6.96. The van der Waals surface area contributed by atoms with Gasteiger partial charge in [0.15, 0.2) is 5.96 Å². The second kappa shape index (κ2) is 9.25. The molecular weight excluding hydrogens is 278 g/mol. The zero-order valence-electron chi connectivity index (χ0n) is 13.6. The van der Waals surface area contributed by atoms with Crippen LogP contribution in [-0.2, 0) is 11.3 Å². The van der Waals surface area contributed by atoms with Crippen LogP contribution < -0.4 is 15.5 Å². The quantitative estimate of drug-likeness (QED) is 0.453. The molecule has 1 fully saturated rings. The monoisotopic (exact) mass is 305 g/mol. The highest BCUT2D eigenvalue weighted by atomic mass is 16.5. The van der Waals surface area contributed by atoms with Gasteiger partial charge >= 0.3 is 0 Å². The number of ether oxygens (including phenoxy) is 1. The predicted octanol–water partition coefficient (Wildman–Crippen LogP) is 1.38. The number of pyridine rings is 1. The zero-order chi connectivity index (χ0) is 15.6. The first kappa shape index (κ1) is 16.5. The number of anilines is 1. The van der Waals surface area contributed by atoms with Crippen molar-refractivity contribution in [1.29, 1.82) is 0 Å². The molecule has 22 heavy (non-hydrogen) atoms. The fourth-order valence-electron chi connectivity index (χ4n) is 2.48. The van der Waals surface area contributed by atoms with Crippen LogP contribution in [0.5, 0.6) is 0 Å². The molecular formula is C16H27N5O. The molecule has 0 aromatic carbocycles. The molecule has 1 aromatic rings. The minimum absolute atomic E-state index is 0.686. The summed E-state index contributed by atoms with van der Waals surface area (Å²) in [4.78, 5) is 11.0. The number of nitrogens with one attached hydrogen (secondary N) is 2. The molecule has 122 valence electrons. The summed E-state index contributed by atoms with van der Waals surface area (Å²) in [6.45, 7) is 7.14. The van der Waals surface area contributed by atoms with Crippen LogP contribution in [0.15, 0.2) is 23.3 Å². The van der Waals surface area contributed by atoms with Crippen molar-refractivity contribution in [1.82, 2.24) is 15.6 Å². The molecule has 6 heteroatoms. The summed E-state index contributed by atoms with van der Waals surface area (Å²) >= 11 is 0. The first-order valence-electron chi connectivity index (χ1n) is 8.05. The molecule has 0 unspecified atom stereocenters. The minimum Gasteiger partial charge on any atom is -0.380 e. The van der Waals surface area contributed by atoms with Crippen LogP contribution in [0, 0.1) is 0 Å². The third-order valence-electron chi connectivity index (χ3n) is 3.67. The maximum absolute atomic E-state index is 5.30. The highest BCUT2D eigenvalue weighted by molar-refractivity contribution is 5.79. The molecule has 0 amide bonds. The molecule has 0 bridgehead atoms. The number of guanidine groups is 1. The van der Waals surface area contributed by atoms with Crippen LogP contribution in [0.3, 0.4) is 0 Å². The van der Waals surface area contributed by atoms with Crippen molar-refractivity contribution >= 4 is 11.8 Å². The summed E-state index contributed by atoms with van der Waals surface area (Å²) in [5, 5.41) is 6.55. The van der Waals surface area contributed by atoms with Crippen LogP contribution in [-0.4, -0.2) is 50.8 Å². The van der Waals surface area contributed by atoms with Crippen molar-refractivity contribution < 1.29 is 4.74 Å². The lowest BCUT2D eigenvalue weighted by Crippen LogP contribution is -2.38. The van der Waals surface area contributed by atoms with Gasteiger partial charge in [-0.1, -0.05) is 0 Å². The Bertz CT molecular complexity index is 471. The van der Waals surface area contributed by atoms with E-state index in [2.05, 4.69) is 31.6 Å². The van der Waals surface area contributed by atoms with Gasteiger partial charge in [0.1, 0.15) is 5.82 Å². The Balaban J connectivity index is 1.81. The van der Waals surface area contributed by atoms with Crippen molar-refractivity contribution in [2.24, 2.45) is 4.99 Å². The molecule has 0 atom stereocenters. The Morgan fingerprint density at radius 3 is 2.91 bits per heavy atom. The van der Waals surface area contributed by atoms with E-state index in [0.29, 0.717) is 6.61 Å². The van der Waals surface area contributed by atoms with Gasteiger partial charge in [0, 0.05) is 46.0 Å². The van der Waals surface area contributed by atoms with E-state index in [4.69, 9.17) is 4.74 Å². The molecule has 1 aliphatic heterocycles. The second-order valence-electron chi connectivity index (χ2n) is 5.27. The SMILES string of the molecule is CCOCCNC(=NC)NCc1ccnc(N2CCCC2)c1. The van der Waals surface area contributed by atoms with E-state index >= 15 is 0 Å². The number of nitrogens with zero attached hydrogens (tertiary/aromatic N) is 3. The third-order valence-corrected chi connectivity index (χ3v) is 3.67. The van der Waals surface area contributed by atoms with Crippen molar-refractivity contribution in [3.05, 3.63) is 23.9 Å². The third kappa shape index (κ3) is 5.18. The van der Waals surface area contributed by atoms with Gasteiger partial charge in [-0.05, 0) is 37.5 Å². The molecule has 6 nitrogen and oxygen atoms in total. The Morgan fingerprint density at radius 2 is 2.18 bits per heavy atom. The smallest absolute Gasteiger partial charge is 0.191 e. The van der Waals surface area contributed by atoms with E-state index in [9.17, 15) is 0 Å². The maximum atomic E-state index is 5.30. The van der Waals surface area contributed by atoms with Gasteiger partial charge in [-0.25, -0.2) is 4.98 Å². The van der Waals surface area contributed by atoms with Gasteiger partial charge in [-0.3, -0.25) is 4.99 Å². The second-order valence-corrected chi connectivity index (χ2v) is 5.27. The molecule has 1 aliphatic rings. The molecule has 1 saturated heterocycles. The van der Waals surface area contributed by atoms with Crippen LogP contribution >= 0.6 is 0 Å². The van der Waals surface area contributed by atoms with Crippen molar-refractivity contribution in [2.45, 2.75) is 26.3 Å². The molecule has 0 spiro atoms. The lowest BCUT2D eigenvalue weighted by atomic mass is 10.2. The summed E-state index contributed by atoms with van der Waals surface area (Å²) in [6.07, 6.45) is 4.41. The molecule has 2 rings (SSSR count). The van der Waals surface area contributed by atoms with E-state index in [-0.39, 0.29) is 0 Å². The van der Waals surface area contributed by atoms with Crippen LogP contribution in [0.1, 0.15) is 25.3 Å². The largest absolute Gasteiger partial charge is 0.380 e. The van der Waals surface area contributed by atoms with Crippen LogP contribution in [0.25, 0.3) is 0 Å². The van der Waals surface area contributed by atoms with Gasteiger partial charge in [0.2, 0.25) is 0 Å². The van der Waals surface area contributed by atoms with Gasteiger partial charge in [0.25, 0.3) is 0 Å². The average molecular weight is 305 g/mol. The standard InChI is InChI=1S/C16H27N5O/c1-3-22-11-8-19-16(17-2)20-13-14-6-7-18-15(12-14)21-9-4-5-10-21/h6-7,12H,3-5,8-11,13H2,1-2H3,(H2,17,19,20). The summed E-state index contributed by atoms with van der Waals surface area (Å²) < 4.78 is 5.30. The highest BCUT2D eigenvalue weighted by Crippen LogP contribution is 2.18. The fourth-order valence-corrected chi connectivity index (χ4v) is 2.48. The minimum atomic E-state index is 0.686. The van der Waals surface area contributed by atoms with Gasteiger partial charge in [-0.2, -0.15) is 0 Å². The van der Waals surface area contributed by atoms with E-state index in [1.807, 2.05) is 19.2 Å². The van der Waals surface area contributed by atoms with Crippen LogP contribution in [0.4, 0.5) is 5.82 Å². The summed E-state index contributed by atoms with van der Waals surface area (Å²) in [7, 11) is 1.78. The topological polar surface area (TPSA) is 61.8 Å². The Morgan fingerprint density at radius 1 is 1.36 bits per heavy atom. The maximum Gasteiger partial charge on any atom is 0.191 e. The predicted molar refractivity (Wildman–Crippen MR) is 90.4 cm³/mol. The van der Waals surface area contributed by atoms with E-state index in [1.54, 1.807) is 7.05 Å². The van der Waals surface area contributed by atoms with Crippen molar-refractivity contribution in [3.63, 3.8) is 0 Å². The molecule has 0 saturated carbocycles. The lowest BCUT2D eigenvalue weighted by molar-refractivity contribution is 0.152. The normalized spacial score (nSPS) is 15.2. The van der Waals surface area contributed by atoms with Gasteiger partial charge < -0.3 is 20.3 Å². The Labute approximate surface area is 133 Å². The van der Waals surface area contributed by atoms with E-state index in [1.165, 1.54) is 18.4 Å². The summed E-state index contributed by atoms with van der Waals surface area (Å²) in [5.41, 5.74) is 1.21. The number of aliphatic imine (C=N–C) groups is 1. The van der Waals surface area contributed by atoms with Crippen molar-refractivity contribution in [2.75, 3.05) is 44.8 Å². The van der Waals surface area contributed by atoms with Gasteiger partial charge in [-0.15, -0.1) is 0 Å². The average Bonchev–Trinajstić information content (AvgIpc) is 3.09. The molecule has 1 aromatic heterocycles. The van der Waals surface area contributed by atoms with Gasteiger partial charge in [0.05, 0.1) is 6.61 Å². The number of hydrogen-bond acceptors (Lipinski definition) is 4. The first-order chi connectivity index (χ1) is 10.8. The number of aromatic nitrogens is 1. The number of hydrogen-bond donors (Lipinski definition) is 2. The number of rotatable bonds is 7. The van der Waals surface area contributed by atoms with E-state index in [0.717, 1.165) is 44.6 Å². The summed E-state index contributed by atoms with van der Waals surface area (Å²) in [6, 6.07) is 4.20. The Hall–Kier alpha value is -1.82. The molecule has 0 aliphatic carbocycles. The van der Waals surface area contributed by atoms with Crippen LogP contribution in [0.2, 0.25) is 0 Å². The zero-order valence-corrected chi connectivity index (χ0v) is 13.6. The van der Waals surface area contributed by atoms with Crippen molar-refractivity contribution in [3.8, 4) is 0 Å². The highest BCUT2D eigenvalue weighted by Gasteiger charge is 2.13. The summed E-state index contributed by atoms with van der Waals surface area (Å²) in [5.74, 6) is 1.87. The molecule has 2 N–H and O–H groups in total. The molecule has 2 heterocycles. The molecule has 0 radical (unpaired) electrons.